The molecule has 0 saturated heterocycles. The largest absolute Gasteiger partial charge is 0.497 e. The van der Waals surface area contributed by atoms with Gasteiger partial charge in [-0.3, -0.25) is 4.99 Å². The Balaban J connectivity index is 1.90. The molecule has 0 aromatic heterocycles. The van der Waals surface area contributed by atoms with E-state index in [4.69, 9.17) is 9.73 Å². The van der Waals surface area contributed by atoms with E-state index >= 15 is 0 Å². The lowest BCUT2D eigenvalue weighted by Crippen LogP contribution is -2.38. The quantitative estimate of drug-likeness (QED) is 0.619. The van der Waals surface area contributed by atoms with Crippen molar-refractivity contribution in [2.24, 2.45) is 10.9 Å². The molecule has 1 aromatic rings. The first-order valence-corrected chi connectivity index (χ1v) is 7.85. The molecular formula is C17H27N3O. The van der Waals surface area contributed by atoms with Gasteiger partial charge in [0.15, 0.2) is 5.96 Å². The van der Waals surface area contributed by atoms with Crippen LogP contribution in [-0.4, -0.2) is 38.1 Å². The molecule has 1 fully saturated rings. The van der Waals surface area contributed by atoms with Gasteiger partial charge in [-0.2, -0.15) is 0 Å². The van der Waals surface area contributed by atoms with Crippen LogP contribution in [0.2, 0.25) is 0 Å². The Bertz CT molecular complexity index is 452. The predicted octanol–water partition coefficient (Wildman–Crippen LogP) is 2.89. The van der Waals surface area contributed by atoms with Crippen LogP contribution < -0.4 is 10.1 Å². The maximum absolute atomic E-state index is 5.19. The second kappa shape index (κ2) is 7.91. The molecule has 1 N–H and O–H groups in total. The van der Waals surface area contributed by atoms with E-state index in [2.05, 4.69) is 36.3 Å². The number of nitrogens with one attached hydrogen (secondary N) is 1. The molecule has 116 valence electrons. The highest BCUT2D eigenvalue weighted by atomic mass is 16.5. The van der Waals surface area contributed by atoms with Crippen LogP contribution in [0.25, 0.3) is 0 Å². The first kappa shape index (κ1) is 15.7. The van der Waals surface area contributed by atoms with E-state index in [1.165, 1.54) is 24.8 Å². The maximum Gasteiger partial charge on any atom is 0.193 e. The van der Waals surface area contributed by atoms with Gasteiger partial charge in [0.05, 0.1) is 7.11 Å². The molecule has 0 bridgehead atoms. The molecular weight excluding hydrogens is 262 g/mol. The molecule has 0 amide bonds. The topological polar surface area (TPSA) is 36.9 Å². The van der Waals surface area contributed by atoms with Gasteiger partial charge in [0, 0.05) is 26.7 Å². The molecule has 2 rings (SSSR count). The monoisotopic (exact) mass is 289 g/mol. The summed E-state index contributed by atoms with van der Waals surface area (Å²) in [6, 6.07) is 8.20. The Kier molecular flexibility index (Phi) is 5.90. The Hall–Kier alpha value is -1.71. The van der Waals surface area contributed by atoms with Gasteiger partial charge in [0.1, 0.15) is 5.75 Å². The highest BCUT2D eigenvalue weighted by Gasteiger charge is 2.20. The van der Waals surface area contributed by atoms with E-state index in [9.17, 15) is 0 Å². The van der Waals surface area contributed by atoms with Crippen molar-refractivity contribution in [3.8, 4) is 5.75 Å². The first-order chi connectivity index (χ1) is 10.2. The van der Waals surface area contributed by atoms with Crippen LogP contribution in [-0.2, 0) is 6.54 Å². The fraction of sp³-hybridized carbons (Fsp3) is 0.588. The van der Waals surface area contributed by atoms with Crippen LogP contribution in [0.1, 0.15) is 31.7 Å². The molecule has 0 unspecified atom stereocenters. The Morgan fingerprint density at radius 3 is 2.62 bits per heavy atom. The Morgan fingerprint density at radius 2 is 2.05 bits per heavy atom. The zero-order valence-electron chi connectivity index (χ0n) is 13.4. The summed E-state index contributed by atoms with van der Waals surface area (Å²) in [5, 5.41) is 3.37. The van der Waals surface area contributed by atoms with E-state index < -0.39 is 0 Å². The van der Waals surface area contributed by atoms with Gasteiger partial charge in [0.2, 0.25) is 0 Å². The second-order valence-electron chi connectivity index (χ2n) is 5.67. The molecule has 4 heteroatoms. The third-order valence-corrected chi connectivity index (χ3v) is 3.77. The predicted molar refractivity (Wildman–Crippen MR) is 87.8 cm³/mol. The minimum atomic E-state index is 0.846. The molecule has 21 heavy (non-hydrogen) atoms. The molecule has 0 heterocycles. The van der Waals surface area contributed by atoms with Crippen molar-refractivity contribution in [2.75, 3.05) is 27.2 Å². The first-order valence-electron chi connectivity index (χ1n) is 7.85. The number of guanidine groups is 1. The summed E-state index contributed by atoms with van der Waals surface area (Å²) < 4.78 is 5.19. The van der Waals surface area contributed by atoms with Crippen LogP contribution in [0.5, 0.6) is 5.75 Å². The summed E-state index contributed by atoms with van der Waals surface area (Å²) in [4.78, 5) is 6.91. The number of benzene rings is 1. The Labute approximate surface area is 128 Å². The van der Waals surface area contributed by atoms with Crippen molar-refractivity contribution >= 4 is 5.96 Å². The highest BCUT2D eigenvalue weighted by molar-refractivity contribution is 5.79. The van der Waals surface area contributed by atoms with Crippen LogP contribution in [0.15, 0.2) is 29.3 Å². The number of hydrogen-bond donors (Lipinski definition) is 1. The molecule has 1 aliphatic carbocycles. The minimum absolute atomic E-state index is 0.846. The van der Waals surface area contributed by atoms with Crippen molar-refractivity contribution in [1.29, 1.82) is 0 Å². The normalized spacial score (nSPS) is 14.9. The van der Waals surface area contributed by atoms with E-state index in [1.54, 1.807) is 7.11 Å². The number of rotatable bonds is 7. The van der Waals surface area contributed by atoms with Gasteiger partial charge < -0.3 is 15.0 Å². The van der Waals surface area contributed by atoms with Crippen molar-refractivity contribution in [2.45, 2.75) is 32.7 Å². The van der Waals surface area contributed by atoms with Gasteiger partial charge in [-0.05, 0) is 37.0 Å². The molecule has 4 nitrogen and oxygen atoms in total. The molecule has 1 saturated carbocycles. The fourth-order valence-electron chi connectivity index (χ4n) is 2.31. The third-order valence-electron chi connectivity index (χ3n) is 3.77. The summed E-state index contributed by atoms with van der Waals surface area (Å²) in [7, 11) is 3.78. The van der Waals surface area contributed by atoms with Crippen LogP contribution in [0.4, 0.5) is 0 Å². The number of hydrogen-bond acceptors (Lipinski definition) is 2. The van der Waals surface area contributed by atoms with Crippen molar-refractivity contribution in [3.63, 3.8) is 0 Å². The molecule has 1 aliphatic rings. The standard InChI is InChI=1S/C17H27N3O/c1-4-18-17(19-12-11-14-5-6-14)20(2)13-15-7-9-16(21-3)10-8-15/h7-10,14H,4-6,11-13H2,1-3H3,(H,18,19). The molecule has 0 aliphatic heterocycles. The lowest BCUT2D eigenvalue weighted by Gasteiger charge is -2.22. The van der Waals surface area contributed by atoms with Crippen LogP contribution in [0, 0.1) is 5.92 Å². The number of methoxy groups -OCH3 is 1. The summed E-state index contributed by atoms with van der Waals surface area (Å²) in [5.41, 5.74) is 1.26. The number of aliphatic imine (C=N–C) groups is 1. The molecule has 0 atom stereocenters. The molecule has 0 spiro atoms. The average Bonchev–Trinajstić information content (AvgIpc) is 3.31. The van der Waals surface area contributed by atoms with E-state index in [1.807, 2.05) is 12.1 Å². The lowest BCUT2D eigenvalue weighted by atomic mass is 10.2. The summed E-state index contributed by atoms with van der Waals surface area (Å²) in [6.45, 7) is 4.78. The van der Waals surface area contributed by atoms with Gasteiger partial charge in [-0.1, -0.05) is 25.0 Å². The fourth-order valence-corrected chi connectivity index (χ4v) is 2.31. The minimum Gasteiger partial charge on any atom is -0.497 e. The van der Waals surface area contributed by atoms with E-state index in [0.717, 1.165) is 37.3 Å². The van der Waals surface area contributed by atoms with Crippen LogP contribution in [0.3, 0.4) is 0 Å². The summed E-state index contributed by atoms with van der Waals surface area (Å²) >= 11 is 0. The third kappa shape index (κ3) is 5.29. The zero-order chi connectivity index (χ0) is 15.1. The maximum atomic E-state index is 5.19. The van der Waals surface area contributed by atoms with Gasteiger partial charge in [-0.25, -0.2) is 0 Å². The zero-order valence-corrected chi connectivity index (χ0v) is 13.4. The van der Waals surface area contributed by atoms with Gasteiger partial charge in [-0.15, -0.1) is 0 Å². The number of ether oxygens (including phenoxy) is 1. The number of nitrogens with zero attached hydrogens (tertiary/aromatic N) is 2. The van der Waals surface area contributed by atoms with Crippen molar-refractivity contribution in [1.82, 2.24) is 10.2 Å². The Morgan fingerprint density at radius 1 is 1.33 bits per heavy atom. The second-order valence-corrected chi connectivity index (χ2v) is 5.67. The SMILES string of the molecule is CCNC(=NCCC1CC1)N(C)Cc1ccc(OC)cc1. The van der Waals surface area contributed by atoms with Crippen molar-refractivity contribution in [3.05, 3.63) is 29.8 Å². The summed E-state index contributed by atoms with van der Waals surface area (Å²) in [5.74, 6) is 2.82. The molecule has 0 radical (unpaired) electrons. The smallest absolute Gasteiger partial charge is 0.193 e. The molecule has 1 aromatic carbocycles. The van der Waals surface area contributed by atoms with E-state index in [0.29, 0.717) is 0 Å². The van der Waals surface area contributed by atoms with Crippen LogP contribution >= 0.6 is 0 Å². The van der Waals surface area contributed by atoms with Gasteiger partial charge in [0.25, 0.3) is 0 Å². The van der Waals surface area contributed by atoms with Gasteiger partial charge >= 0.3 is 0 Å². The van der Waals surface area contributed by atoms with E-state index in [-0.39, 0.29) is 0 Å². The van der Waals surface area contributed by atoms with Crippen molar-refractivity contribution < 1.29 is 4.74 Å². The highest BCUT2D eigenvalue weighted by Crippen LogP contribution is 2.32. The summed E-state index contributed by atoms with van der Waals surface area (Å²) in [6.07, 6.45) is 4.02. The average molecular weight is 289 g/mol. The lowest BCUT2D eigenvalue weighted by molar-refractivity contribution is 0.414.